The van der Waals surface area contributed by atoms with Crippen LogP contribution in [0.2, 0.25) is 0 Å². The molecule has 0 bridgehead atoms. The highest BCUT2D eigenvalue weighted by molar-refractivity contribution is 8.13. The molecule has 1 N–H and O–H groups in total. The van der Waals surface area contributed by atoms with E-state index in [0.717, 1.165) is 28.3 Å². The van der Waals surface area contributed by atoms with Gasteiger partial charge in [-0.3, -0.25) is 15.1 Å². The number of carbonyl (C=O) groups is 1. The molecule has 132 valence electrons. The maximum atomic E-state index is 12.9. The lowest BCUT2D eigenvalue weighted by Gasteiger charge is -2.34. The number of hydrazone groups is 1. The number of amides is 1. The summed E-state index contributed by atoms with van der Waals surface area (Å²) < 4.78 is 0. The van der Waals surface area contributed by atoms with E-state index in [2.05, 4.69) is 43.4 Å². The van der Waals surface area contributed by atoms with Crippen molar-refractivity contribution in [1.82, 2.24) is 10.3 Å². The SMILES string of the molecule is CCCSC1=NN2C(=c3ccccc3=NC2c2ccc(C)cc2)C(=O)N1. The quantitative estimate of drug-likeness (QED) is 0.909. The number of fused-ring (bicyclic) bond motifs is 2. The van der Waals surface area contributed by atoms with Gasteiger partial charge in [-0.1, -0.05) is 66.7 Å². The Bertz CT molecular complexity index is 997. The van der Waals surface area contributed by atoms with Crippen LogP contribution in [0, 0.1) is 6.92 Å². The van der Waals surface area contributed by atoms with E-state index in [4.69, 9.17) is 10.1 Å². The molecule has 6 heteroatoms. The fourth-order valence-electron chi connectivity index (χ4n) is 3.05. The molecule has 4 rings (SSSR count). The lowest BCUT2D eigenvalue weighted by Crippen LogP contribution is -2.50. The topological polar surface area (TPSA) is 57.1 Å². The number of aryl methyl sites for hydroxylation is 1. The third-order valence-corrected chi connectivity index (χ3v) is 5.40. The molecule has 26 heavy (non-hydrogen) atoms. The summed E-state index contributed by atoms with van der Waals surface area (Å²) in [6.07, 6.45) is 0.675. The normalized spacial score (nSPS) is 18.5. The zero-order chi connectivity index (χ0) is 18.1. The van der Waals surface area contributed by atoms with Crippen LogP contribution in [0.3, 0.4) is 0 Å². The van der Waals surface area contributed by atoms with Gasteiger partial charge in [-0.15, -0.1) is 5.10 Å². The Balaban J connectivity index is 1.89. The largest absolute Gasteiger partial charge is 0.298 e. The molecule has 2 aliphatic heterocycles. The third-order valence-electron chi connectivity index (χ3n) is 4.33. The summed E-state index contributed by atoms with van der Waals surface area (Å²) >= 11 is 1.56. The molecule has 0 spiro atoms. The number of para-hydroxylation sites is 1. The molecule has 2 aromatic carbocycles. The van der Waals surface area contributed by atoms with E-state index in [1.54, 1.807) is 16.8 Å². The molecule has 2 aliphatic rings. The van der Waals surface area contributed by atoms with E-state index in [9.17, 15) is 4.79 Å². The molecule has 1 atom stereocenters. The molecule has 0 aromatic heterocycles. The van der Waals surface area contributed by atoms with Crippen LogP contribution in [0.4, 0.5) is 0 Å². The van der Waals surface area contributed by atoms with E-state index in [1.807, 2.05) is 24.3 Å². The number of thioether (sulfide) groups is 1. The molecule has 0 radical (unpaired) electrons. The van der Waals surface area contributed by atoms with Gasteiger partial charge in [0, 0.05) is 11.0 Å². The summed E-state index contributed by atoms with van der Waals surface area (Å²) in [5.41, 5.74) is 2.76. The van der Waals surface area contributed by atoms with E-state index in [-0.39, 0.29) is 12.1 Å². The van der Waals surface area contributed by atoms with Crippen molar-refractivity contribution in [3.8, 4) is 0 Å². The number of rotatable bonds is 3. The molecule has 0 aliphatic carbocycles. The fraction of sp³-hybridized carbons (Fsp3) is 0.250. The van der Waals surface area contributed by atoms with Crippen LogP contribution < -0.4 is 15.9 Å². The van der Waals surface area contributed by atoms with Gasteiger partial charge in [0.2, 0.25) is 0 Å². The highest BCUT2D eigenvalue weighted by atomic mass is 32.2. The van der Waals surface area contributed by atoms with Crippen molar-refractivity contribution in [2.45, 2.75) is 26.4 Å². The van der Waals surface area contributed by atoms with Crippen molar-refractivity contribution in [3.63, 3.8) is 0 Å². The Labute approximate surface area is 156 Å². The first-order valence-electron chi connectivity index (χ1n) is 8.73. The molecule has 0 saturated carbocycles. The molecule has 0 fully saturated rings. The van der Waals surface area contributed by atoms with Crippen LogP contribution in [-0.4, -0.2) is 21.8 Å². The maximum Gasteiger partial charge on any atom is 0.276 e. The number of hydrogen-bond acceptors (Lipinski definition) is 5. The molecule has 5 nitrogen and oxygen atoms in total. The van der Waals surface area contributed by atoms with Crippen LogP contribution in [0.5, 0.6) is 0 Å². The number of nitrogens with one attached hydrogen (secondary N) is 1. The minimum Gasteiger partial charge on any atom is -0.298 e. The summed E-state index contributed by atoms with van der Waals surface area (Å²) in [7, 11) is 0. The van der Waals surface area contributed by atoms with Crippen molar-refractivity contribution < 1.29 is 4.79 Å². The van der Waals surface area contributed by atoms with Crippen molar-refractivity contribution in [3.05, 3.63) is 70.2 Å². The summed E-state index contributed by atoms with van der Waals surface area (Å²) in [6.45, 7) is 4.16. The highest BCUT2D eigenvalue weighted by Crippen LogP contribution is 2.30. The fourth-order valence-corrected chi connectivity index (χ4v) is 3.75. The molecule has 2 heterocycles. The van der Waals surface area contributed by atoms with Gasteiger partial charge in [0.15, 0.2) is 11.3 Å². The Morgan fingerprint density at radius 3 is 2.69 bits per heavy atom. The molecular formula is C20H20N4OS. The maximum absolute atomic E-state index is 12.9. The first-order chi connectivity index (χ1) is 12.7. The number of carbonyl (C=O) groups excluding carboxylic acids is 1. The van der Waals surface area contributed by atoms with Gasteiger partial charge in [-0.25, -0.2) is 5.01 Å². The summed E-state index contributed by atoms with van der Waals surface area (Å²) in [5.74, 6) is 0.781. The Kier molecular flexibility index (Phi) is 4.51. The van der Waals surface area contributed by atoms with Crippen molar-refractivity contribution in [2.75, 3.05) is 5.75 Å². The monoisotopic (exact) mass is 364 g/mol. The van der Waals surface area contributed by atoms with Crippen molar-refractivity contribution in [2.24, 2.45) is 10.1 Å². The van der Waals surface area contributed by atoms with Crippen LogP contribution in [0.1, 0.15) is 30.6 Å². The Morgan fingerprint density at radius 1 is 1.15 bits per heavy atom. The first-order valence-corrected chi connectivity index (χ1v) is 9.71. The lowest BCUT2D eigenvalue weighted by atomic mass is 10.1. The molecule has 2 aromatic rings. The van der Waals surface area contributed by atoms with Gasteiger partial charge in [0.25, 0.3) is 5.91 Å². The van der Waals surface area contributed by atoms with Crippen LogP contribution in [0.15, 0.2) is 58.6 Å². The van der Waals surface area contributed by atoms with Crippen LogP contribution in [0.25, 0.3) is 5.70 Å². The van der Waals surface area contributed by atoms with Gasteiger partial charge in [-0.05, 0) is 25.0 Å². The minimum absolute atomic E-state index is 0.127. The molecule has 1 amide bonds. The number of amidine groups is 1. The Morgan fingerprint density at radius 2 is 1.92 bits per heavy atom. The van der Waals surface area contributed by atoms with Crippen molar-refractivity contribution in [1.29, 1.82) is 0 Å². The predicted octanol–water partition coefficient (Wildman–Crippen LogP) is 2.28. The Hall–Kier alpha value is -2.60. The van der Waals surface area contributed by atoms with Gasteiger partial charge in [0.05, 0.1) is 5.36 Å². The molecule has 1 unspecified atom stereocenters. The second kappa shape index (κ2) is 6.96. The van der Waals surface area contributed by atoms with E-state index in [1.165, 1.54) is 5.56 Å². The zero-order valence-corrected chi connectivity index (χ0v) is 15.6. The minimum atomic E-state index is -0.344. The van der Waals surface area contributed by atoms with Crippen LogP contribution in [-0.2, 0) is 4.79 Å². The van der Waals surface area contributed by atoms with Gasteiger partial charge in [-0.2, -0.15) is 0 Å². The number of benzene rings is 2. The number of hydrogen-bond donors (Lipinski definition) is 1. The van der Waals surface area contributed by atoms with Gasteiger partial charge < -0.3 is 0 Å². The van der Waals surface area contributed by atoms with Gasteiger partial charge in [0.1, 0.15) is 5.70 Å². The number of nitrogens with zero attached hydrogens (tertiary/aromatic N) is 3. The zero-order valence-electron chi connectivity index (χ0n) is 14.8. The molecular weight excluding hydrogens is 344 g/mol. The standard InChI is InChI=1S/C20H20N4OS/c1-3-12-26-20-22-19(25)17-15-6-4-5-7-16(15)21-18(24(17)23-20)14-10-8-13(2)9-11-14/h4-11,18H,3,12H2,1-2H3,(H,22,23,25). The average molecular weight is 364 g/mol. The van der Waals surface area contributed by atoms with E-state index >= 15 is 0 Å². The summed E-state index contributed by atoms with van der Waals surface area (Å²) in [5, 5.41) is 11.7. The summed E-state index contributed by atoms with van der Waals surface area (Å²) in [6, 6.07) is 16.0. The third kappa shape index (κ3) is 3.01. The van der Waals surface area contributed by atoms with Crippen LogP contribution >= 0.6 is 11.8 Å². The molecule has 0 saturated heterocycles. The second-order valence-corrected chi connectivity index (χ2v) is 7.42. The first kappa shape index (κ1) is 16.8. The van der Waals surface area contributed by atoms with E-state index < -0.39 is 0 Å². The smallest absolute Gasteiger partial charge is 0.276 e. The summed E-state index contributed by atoms with van der Waals surface area (Å²) in [4.78, 5) is 17.8. The predicted molar refractivity (Wildman–Crippen MR) is 105 cm³/mol. The van der Waals surface area contributed by atoms with Crippen molar-refractivity contribution >= 4 is 28.5 Å². The highest BCUT2D eigenvalue weighted by Gasteiger charge is 2.34. The second-order valence-electron chi connectivity index (χ2n) is 6.33. The van der Waals surface area contributed by atoms with Gasteiger partial charge >= 0.3 is 0 Å². The lowest BCUT2D eigenvalue weighted by molar-refractivity contribution is -0.116. The van der Waals surface area contributed by atoms with E-state index in [0.29, 0.717) is 10.9 Å². The average Bonchev–Trinajstić information content (AvgIpc) is 2.66.